The van der Waals surface area contributed by atoms with E-state index in [1.165, 1.54) is 75.3 Å². The van der Waals surface area contributed by atoms with Crippen molar-refractivity contribution in [2.75, 3.05) is 4.90 Å². The Bertz CT molecular complexity index is 2380. The van der Waals surface area contributed by atoms with Gasteiger partial charge in [0.05, 0.1) is 11.4 Å². The highest BCUT2D eigenvalue weighted by Crippen LogP contribution is 2.55. The van der Waals surface area contributed by atoms with Crippen molar-refractivity contribution >= 4 is 70.1 Å². The molecule has 0 spiro atoms. The maximum absolute atomic E-state index is 2.49. The lowest BCUT2D eigenvalue weighted by Crippen LogP contribution is -2.16. The second kappa shape index (κ2) is 9.04. The standard InChI is InChI=1S/C41H29NS/c1-41(2)33-19-10-8-18-32(33)39-34(41)20-12-21-35(39)42(27-13-4-3-5-14-27)36-25-26-23-24-31-29-16-9-11-22-37(29)43-40(31)38(26)30-17-7-6-15-28(30)36/h3-25H,1-2H3. The normalized spacial score (nSPS) is 13.5. The molecule has 0 aliphatic heterocycles. The van der Waals surface area contributed by atoms with Gasteiger partial charge >= 0.3 is 0 Å². The fourth-order valence-corrected chi connectivity index (χ4v) is 8.72. The first-order valence-electron chi connectivity index (χ1n) is 15.0. The molecule has 0 saturated carbocycles. The number of thiophene rings is 1. The average Bonchev–Trinajstić information content (AvgIpc) is 3.54. The lowest BCUT2D eigenvalue weighted by molar-refractivity contribution is 0.660. The van der Waals surface area contributed by atoms with Gasteiger partial charge in [-0.3, -0.25) is 0 Å². The minimum absolute atomic E-state index is 0.0669. The molecular formula is C41H29NS. The molecule has 1 aromatic heterocycles. The Morgan fingerprint density at radius 1 is 0.535 bits per heavy atom. The van der Waals surface area contributed by atoms with Gasteiger partial charge < -0.3 is 4.90 Å². The molecule has 0 unspecified atom stereocenters. The van der Waals surface area contributed by atoms with Crippen LogP contribution in [0.1, 0.15) is 25.0 Å². The van der Waals surface area contributed by atoms with Crippen LogP contribution >= 0.6 is 11.3 Å². The van der Waals surface area contributed by atoms with Crippen molar-refractivity contribution in [1.82, 2.24) is 0 Å². The second-order valence-electron chi connectivity index (χ2n) is 12.1. The Labute approximate surface area is 255 Å². The highest BCUT2D eigenvalue weighted by Gasteiger charge is 2.37. The first kappa shape index (κ1) is 24.7. The molecule has 1 heterocycles. The summed E-state index contributed by atoms with van der Waals surface area (Å²) < 4.78 is 2.70. The van der Waals surface area contributed by atoms with E-state index in [0.29, 0.717) is 0 Å². The molecule has 0 atom stereocenters. The van der Waals surface area contributed by atoms with E-state index in [0.717, 1.165) is 5.69 Å². The Hall–Kier alpha value is -4.92. The van der Waals surface area contributed by atoms with Gasteiger partial charge in [-0.05, 0) is 57.8 Å². The van der Waals surface area contributed by atoms with E-state index in [1.807, 2.05) is 11.3 Å². The summed E-state index contributed by atoms with van der Waals surface area (Å²) in [5, 5.41) is 7.83. The fourth-order valence-electron chi connectivity index (χ4n) is 7.44. The molecule has 0 radical (unpaired) electrons. The maximum atomic E-state index is 2.49. The molecule has 0 saturated heterocycles. The highest BCUT2D eigenvalue weighted by atomic mass is 32.1. The summed E-state index contributed by atoms with van der Waals surface area (Å²) in [6, 6.07) is 51.5. The van der Waals surface area contributed by atoms with Gasteiger partial charge in [0.15, 0.2) is 0 Å². The molecule has 0 N–H and O–H groups in total. The van der Waals surface area contributed by atoms with Crippen LogP contribution in [0.5, 0.6) is 0 Å². The Morgan fingerprint density at radius 2 is 1.23 bits per heavy atom. The molecule has 9 rings (SSSR count). The van der Waals surface area contributed by atoms with E-state index in [1.54, 1.807) is 0 Å². The van der Waals surface area contributed by atoms with Gasteiger partial charge in [0.25, 0.3) is 0 Å². The third-order valence-corrected chi connectivity index (χ3v) is 10.6. The third kappa shape index (κ3) is 3.45. The molecule has 7 aromatic carbocycles. The van der Waals surface area contributed by atoms with Gasteiger partial charge in [0.1, 0.15) is 0 Å². The largest absolute Gasteiger partial charge is 0.309 e. The van der Waals surface area contributed by atoms with Crippen molar-refractivity contribution in [2.24, 2.45) is 0 Å². The predicted molar refractivity (Wildman–Crippen MR) is 187 cm³/mol. The molecule has 2 heteroatoms. The first-order chi connectivity index (χ1) is 21.1. The van der Waals surface area contributed by atoms with Crippen molar-refractivity contribution in [3.05, 3.63) is 151 Å². The minimum Gasteiger partial charge on any atom is -0.309 e. The number of rotatable bonds is 3. The van der Waals surface area contributed by atoms with Crippen molar-refractivity contribution in [1.29, 1.82) is 0 Å². The zero-order valence-corrected chi connectivity index (χ0v) is 25.0. The molecule has 0 fully saturated rings. The SMILES string of the molecule is CC1(C)c2ccccc2-c2c(N(c3ccccc3)c3cc4ccc5c6ccccc6sc5c4c4ccccc34)cccc21. The van der Waals surface area contributed by atoms with Crippen LogP contribution in [0, 0.1) is 0 Å². The molecule has 1 aliphatic rings. The first-order valence-corrected chi connectivity index (χ1v) is 15.8. The van der Waals surface area contributed by atoms with Crippen LogP contribution in [0.15, 0.2) is 140 Å². The van der Waals surface area contributed by atoms with Crippen molar-refractivity contribution in [2.45, 2.75) is 19.3 Å². The lowest BCUT2D eigenvalue weighted by Gasteiger charge is -2.30. The molecule has 43 heavy (non-hydrogen) atoms. The fraction of sp³-hybridized carbons (Fsp3) is 0.0732. The molecule has 0 amide bonds. The number of hydrogen-bond acceptors (Lipinski definition) is 2. The average molecular weight is 568 g/mol. The van der Waals surface area contributed by atoms with Crippen LogP contribution < -0.4 is 4.90 Å². The van der Waals surface area contributed by atoms with E-state index in [4.69, 9.17) is 0 Å². The van der Waals surface area contributed by atoms with Gasteiger partial charge in [-0.15, -0.1) is 11.3 Å². The third-order valence-electron chi connectivity index (χ3n) is 9.43. The number of nitrogens with zero attached hydrogens (tertiary/aromatic N) is 1. The topological polar surface area (TPSA) is 3.24 Å². The zero-order valence-electron chi connectivity index (χ0n) is 24.1. The van der Waals surface area contributed by atoms with Gasteiger partial charge in [-0.2, -0.15) is 0 Å². The smallest absolute Gasteiger partial charge is 0.0546 e. The summed E-state index contributed by atoms with van der Waals surface area (Å²) in [5.41, 5.74) is 8.94. The second-order valence-corrected chi connectivity index (χ2v) is 13.2. The summed E-state index contributed by atoms with van der Waals surface area (Å²) in [7, 11) is 0. The van der Waals surface area contributed by atoms with Crippen LogP contribution in [-0.4, -0.2) is 0 Å². The molecule has 0 bridgehead atoms. The van der Waals surface area contributed by atoms with E-state index in [9.17, 15) is 0 Å². The van der Waals surface area contributed by atoms with Crippen molar-refractivity contribution < 1.29 is 0 Å². The van der Waals surface area contributed by atoms with Gasteiger partial charge in [-0.1, -0.05) is 123 Å². The summed E-state index contributed by atoms with van der Waals surface area (Å²) in [6.07, 6.45) is 0. The molecule has 204 valence electrons. The molecule has 1 nitrogen and oxygen atoms in total. The number of hydrogen-bond donors (Lipinski definition) is 0. The summed E-state index contributed by atoms with van der Waals surface area (Å²) in [4.78, 5) is 2.49. The van der Waals surface area contributed by atoms with E-state index in [-0.39, 0.29) is 5.41 Å². The van der Waals surface area contributed by atoms with Gasteiger partial charge in [-0.25, -0.2) is 0 Å². The van der Waals surface area contributed by atoms with Crippen LogP contribution in [0.25, 0.3) is 52.8 Å². The van der Waals surface area contributed by atoms with Crippen LogP contribution in [-0.2, 0) is 5.41 Å². The molecular weight excluding hydrogens is 539 g/mol. The van der Waals surface area contributed by atoms with Gasteiger partial charge in [0.2, 0.25) is 0 Å². The summed E-state index contributed by atoms with van der Waals surface area (Å²) >= 11 is 1.91. The van der Waals surface area contributed by atoms with Gasteiger partial charge in [0, 0.05) is 47.6 Å². The minimum atomic E-state index is -0.0669. The quantitative estimate of drug-likeness (QED) is 0.192. The number of fused-ring (bicyclic) bond motifs is 10. The van der Waals surface area contributed by atoms with E-state index < -0.39 is 0 Å². The van der Waals surface area contributed by atoms with Crippen LogP contribution in [0.2, 0.25) is 0 Å². The monoisotopic (exact) mass is 567 g/mol. The molecule has 1 aliphatic carbocycles. The highest BCUT2D eigenvalue weighted by molar-refractivity contribution is 7.26. The Morgan fingerprint density at radius 3 is 2.09 bits per heavy atom. The Balaban J connectivity index is 1.40. The van der Waals surface area contributed by atoms with Crippen LogP contribution in [0.4, 0.5) is 17.1 Å². The number of benzene rings is 7. The summed E-state index contributed by atoms with van der Waals surface area (Å²) in [5.74, 6) is 0. The van der Waals surface area contributed by atoms with Crippen molar-refractivity contribution in [3.63, 3.8) is 0 Å². The lowest BCUT2D eigenvalue weighted by atomic mass is 9.82. The summed E-state index contributed by atoms with van der Waals surface area (Å²) in [6.45, 7) is 4.71. The number of para-hydroxylation sites is 1. The van der Waals surface area contributed by atoms with E-state index >= 15 is 0 Å². The molecule has 8 aromatic rings. The van der Waals surface area contributed by atoms with E-state index in [2.05, 4.69) is 158 Å². The zero-order chi connectivity index (χ0) is 28.7. The maximum Gasteiger partial charge on any atom is 0.0546 e. The predicted octanol–water partition coefficient (Wildman–Crippen LogP) is 12.1. The van der Waals surface area contributed by atoms with Crippen LogP contribution in [0.3, 0.4) is 0 Å². The Kier molecular flexibility index (Phi) is 5.18. The number of anilines is 3. The van der Waals surface area contributed by atoms with Crippen molar-refractivity contribution in [3.8, 4) is 11.1 Å².